The molecule has 0 aliphatic rings. The van der Waals surface area contributed by atoms with Crippen LogP contribution in [0.2, 0.25) is 0 Å². The Balaban J connectivity index is 1.93. The lowest BCUT2D eigenvalue weighted by atomic mass is 10.1. The van der Waals surface area contributed by atoms with Crippen molar-refractivity contribution in [2.45, 2.75) is 6.42 Å². The standard InChI is InChI=1S/C16H15N3O2/c17-10-9-12-3-7-15(8-4-12)21-16(20)19-14-5-1-13(11-18)2-6-14/h1-8H,9-10,17H2,(H,19,20). The van der Waals surface area contributed by atoms with Crippen LogP contribution in [-0.2, 0) is 6.42 Å². The summed E-state index contributed by atoms with van der Waals surface area (Å²) in [5.41, 5.74) is 7.67. The van der Waals surface area contributed by atoms with Crippen molar-refractivity contribution in [1.29, 1.82) is 5.26 Å². The Bertz CT molecular complexity index is 643. The average molecular weight is 281 g/mol. The second-order valence-electron chi connectivity index (χ2n) is 4.39. The number of benzene rings is 2. The van der Waals surface area contributed by atoms with E-state index >= 15 is 0 Å². The molecule has 5 heteroatoms. The summed E-state index contributed by atoms with van der Waals surface area (Å²) in [6, 6.07) is 15.7. The molecule has 2 aromatic rings. The van der Waals surface area contributed by atoms with Crippen LogP contribution in [0.15, 0.2) is 48.5 Å². The van der Waals surface area contributed by atoms with Crippen molar-refractivity contribution in [2.24, 2.45) is 5.73 Å². The first kappa shape index (κ1) is 14.6. The highest BCUT2D eigenvalue weighted by Crippen LogP contribution is 2.14. The number of rotatable bonds is 4. The third-order valence-corrected chi connectivity index (χ3v) is 2.83. The minimum absolute atomic E-state index is 0.460. The number of nitrogens with one attached hydrogen (secondary N) is 1. The minimum atomic E-state index is -0.578. The Hall–Kier alpha value is -2.84. The maximum atomic E-state index is 11.7. The minimum Gasteiger partial charge on any atom is -0.410 e. The van der Waals surface area contributed by atoms with E-state index in [9.17, 15) is 4.79 Å². The van der Waals surface area contributed by atoms with Crippen LogP contribution in [0, 0.1) is 11.3 Å². The fraction of sp³-hybridized carbons (Fsp3) is 0.125. The molecule has 0 atom stereocenters. The highest BCUT2D eigenvalue weighted by Gasteiger charge is 2.05. The summed E-state index contributed by atoms with van der Waals surface area (Å²) in [5, 5.41) is 11.3. The Morgan fingerprint density at radius 2 is 1.81 bits per heavy atom. The molecule has 0 saturated heterocycles. The number of carbonyl (C=O) groups excluding carboxylic acids is 1. The molecule has 5 nitrogen and oxygen atoms in total. The molecule has 106 valence electrons. The van der Waals surface area contributed by atoms with Crippen LogP contribution in [-0.4, -0.2) is 12.6 Å². The zero-order valence-corrected chi connectivity index (χ0v) is 11.4. The average Bonchev–Trinajstić information content (AvgIpc) is 2.50. The molecule has 0 saturated carbocycles. The van der Waals surface area contributed by atoms with Gasteiger partial charge in [-0.05, 0) is 54.9 Å². The summed E-state index contributed by atoms with van der Waals surface area (Å²) in [4.78, 5) is 11.7. The van der Waals surface area contributed by atoms with Crippen molar-refractivity contribution >= 4 is 11.8 Å². The van der Waals surface area contributed by atoms with E-state index in [4.69, 9.17) is 15.7 Å². The predicted octanol–water partition coefficient (Wildman–Crippen LogP) is 2.67. The molecule has 2 rings (SSSR count). The molecule has 0 heterocycles. The predicted molar refractivity (Wildman–Crippen MR) is 80.0 cm³/mol. The normalized spacial score (nSPS) is 9.71. The van der Waals surface area contributed by atoms with Crippen LogP contribution < -0.4 is 15.8 Å². The van der Waals surface area contributed by atoms with Gasteiger partial charge in [-0.1, -0.05) is 12.1 Å². The summed E-state index contributed by atoms with van der Waals surface area (Å²) in [5.74, 6) is 0.460. The van der Waals surface area contributed by atoms with Crippen molar-refractivity contribution in [3.63, 3.8) is 0 Å². The lowest BCUT2D eigenvalue weighted by Crippen LogP contribution is -2.16. The number of hydrogen-bond acceptors (Lipinski definition) is 4. The van der Waals surface area contributed by atoms with Gasteiger partial charge in [0.15, 0.2) is 0 Å². The van der Waals surface area contributed by atoms with Crippen molar-refractivity contribution in [3.8, 4) is 11.8 Å². The number of hydrogen-bond donors (Lipinski definition) is 2. The van der Waals surface area contributed by atoms with Gasteiger partial charge in [0.25, 0.3) is 0 Å². The molecular formula is C16H15N3O2. The van der Waals surface area contributed by atoms with E-state index in [-0.39, 0.29) is 0 Å². The summed E-state index contributed by atoms with van der Waals surface area (Å²) >= 11 is 0. The van der Waals surface area contributed by atoms with Crippen molar-refractivity contribution < 1.29 is 9.53 Å². The van der Waals surface area contributed by atoms with Crippen molar-refractivity contribution in [2.75, 3.05) is 11.9 Å². The van der Waals surface area contributed by atoms with Gasteiger partial charge in [-0.2, -0.15) is 5.26 Å². The van der Waals surface area contributed by atoms with E-state index in [1.807, 2.05) is 18.2 Å². The van der Waals surface area contributed by atoms with Gasteiger partial charge in [0, 0.05) is 5.69 Å². The van der Waals surface area contributed by atoms with Gasteiger partial charge in [-0.25, -0.2) is 4.79 Å². The van der Waals surface area contributed by atoms with Crippen molar-refractivity contribution in [1.82, 2.24) is 0 Å². The Morgan fingerprint density at radius 3 is 2.38 bits per heavy atom. The summed E-state index contributed by atoms with van der Waals surface area (Å²) in [7, 11) is 0. The third kappa shape index (κ3) is 4.34. The molecule has 0 aliphatic heterocycles. The van der Waals surface area contributed by atoms with Crippen LogP contribution in [0.5, 0.6) is 5.75 Å². The maximum Gasteiger partial charge on any atom is 0.417 e. The summed E-state index contributed by atoms with van der Waals surface area (Å²) in [6.45, 7) is 0.583. The number of anilines is 1. The Labute approximate surface area is 123 Å². The van der Waals surface area contributed by atoms with Crippen LogP contribution in [0.1, 0.15) is 11.1 Å². The van der Waals surface area contributed by atoms with E-state index in [1.54, 1.807) is 36.4 Å². The van der Waals surface area contributed by atoms with Gasteiger partial charge in [0.05, 0.1) is 11.6 Å². The topological polar surface area (TPSA) is 88.1 Å². The molecule has 1 amide bonds. The molecule has 0 bridgehead atoms. The summed E-state index contributed by atoms with van der Waals surface area (Å²) < 4.78 is 5.16. The van der Waals surface area contributed by atoms with E-state index in [2.05, 4.69) is 5.32 Å². The van der Waals surface area contributed by atoms with Gasteiger partial charge in [0.1, 0.15) is 5.75 Å². The van der Waals surface area contributed by atoms with Gasteiger partial charge in [-0.15, -0.1) is 0 Å². The molecule has 21 heavy (non-hydrogen) atoms. The number of carbonyl (C=O) groups is 1. The molecule has 0 radical (unpaired) electrons. The highest BCUT2D eigenvalue weighted by molar-refractivity contribution is 5.86. The smallest absolute Gasteiger partial charge is 0.410 e. The molecule has 0 aliphatic carbocycles. The third-order valence-electron chi connectivity index (χ3n) is 2.83. The molecule has 0 unspecified atom stereocenters. The van der Waals surface area contributed by atoms with Crippen LogP contribution in [0.4, 0.5) is 10.5 Å². The van der Waals surface area contributed by atoms with Gasteiger partial charge < -0.3 is 10.5 Å². The Kier molecular flexibility index (Phi) is 4.91. The maximum absolute atomic E-state index is 11.7. The van der Waals surface area contributed by atoms with Crippen LogP contribution in [0.3, 0.4) is 0 Å². The lowest BCUT2D eigenvalue weighted by molar-refractivity contribution is 0.215. The highest BCUT2D eigenvalue weighted by atomic mass is 16.6. The molecule has 2 aromatic carbocycles. The van der Waals surface area contributed by atoms with Crippen LogP contribution in [0.25, 0.3) is 0 Å². The number of nitrogens with two attached hydrogens (primary N) is 1. The van der Waals surface area contributed by atoms with Gasteiger partial charge in [-0.3, -0.25) is 5.32 Å². The zero-order chi connectivity index (χ0) is 15.1. The quantitative estimate of drug-likeness (QED) is 0.901. The van der Waals surface area contributed by atoms with Gasteiger partial charge >= 0.3 is 6.09 Å². The largest absolute Gasteiger partial charge is 0.417 e. The van der Waals surface area contributed by atoms with E-state index in [0.717, 1.165) is 12.0 Å². The summed E-state index contributed by atoms with van der Waals surface area (Å²) in [6.07, 6.45) is 0.212. The zero-order valence-electron chi connectivity index (χ0n) is 11.4. The number of nitrogens with zero attached hydrogens (tertiary/aromatic N) is 1. The molecule has 0 fully saturated rings. The number of amides is 1. The fourth-order valence-electron chi connectivity index (χ4n) is 1.77. The second-order valence-corrected chi connectivity index (χ2v) is 4.39. The van der Waals surface area contributed by atoms with Gasteiger partial charge in [0.2, 0.25) is 0 Å². The van der Waals surface area contributed by atoms with E-state index in [1.165, 1.54) is 0 Å². The van der Waals surface area contributed by atoms with Crippen LogP contribution >= 0.6 is 0 Å². The molecular weight excluding hydrogens is 266 g/mol. The molecule has 0 spiro atoms. The molecule has 3 N–H and O–H groups in total. The van der Waals surface area contributed by atoms with E-state index in [0.29, 0.717) is 23.5 Å². The number of nitriles is 1. The second kappa shape index (κ2) is 7.08. The fourth-order valence-corrected chi connectivity index (χ4v) is 1.77. The van der Waals surface area contributed by atoms with E-state index < -0.39 is 6.09 Å². The monoisotopic (exact) mass is 281 g/mol. The first-order chi connectivity index (χ1) is 10.2. The number of ether oxygens (including phenoxy) is 1. The van der Waals surface area contributed by atoms with Crippen molar-refractivity contribution in [3.05, 3.63) is 59.7 Å². The SMILES string of the molecule is N#Cc1ccc(NC(=O)Oc2ccc(CCN)cc2)cc1. The first-order valence-electron chi connectivity index (χ1n) is 6.49. The first-order valence-corrected chi connectivity index (χ1v) is 6.49. The Morgan fingerprint density at radius 1 is 1.14 bits per heavy atom. The molecule has 0 aromatic heterocycles. The lowest BCUT2D eigenvalue weighted by Gasteiger charge is -2.07.